The Hall–Kier alpha value is -0.610. The fourth-order valence-electron chi connectivity index (χ4n) is 2.41. The van der Waals surface area contributed by atoms with Crippen molar-refractivity contribution >= 4 is 5.91 Å². The molecule has 0 aromatic rings. The number of hydrogen-bond acceptors (Lipinski definition) is 3. The van der Waals surface area contributed by atoms with Crippen LogP contribution in [0, 0.1) is 5.41 Å². The molecule has 4 heteroatoms. The summed E-state index contributed by atoms with van der Waals surface area (Å²) in [5.41, 5.74) is -0.308. The van der Waals surface area contributed by atoms with Crippen molar-refractivity contribution in [1.29, 1.82) is 0 Å². The molecule has 1 amide bonds. The van der Waals surface area contributed by atoms with E-state index < -0.39 is 0 Å². The van der Waals surface area contributed by atoms with E-state index in [4.69, 9.17) is 4.74 Å². The summed E-state index contributed by atoms with van der Waals surface area (Å²) in [7, 11) is 0. The van der Waals surface area contributed by atoms with Gasteiger partial charge in [-0.3, -0.25) is 4.79 Å². The highest BCUT2D eigenvalue weighted by molar-refractivity contribution is 5.82. The molecule has 2 heterocycles. The van der Waals surface area contributed by atoms with E-state index >= 15 is 0 Å². The van der Waals surface area contributed by atoms with Crippen LogP contribution in [0.5, 0.6) is 0 Å². The van der Waals surface area contributed by atoms with Gasteiger partial charge < -0.3 is 15.0 Å². The van der Waals surface area contributed by atoms with Crippen LogP contribution in [-0.4, -0.2) is 43.3 Å². The molecule has 2 fully saturated rings. The van der Waals surface area contributed by atoms with Crippen molar-refractivity contribution in [2.24, 2.45) is 5.41 Å². The van der Waals surface area contributed by atoms with Crippen LogP contribution >= 0.6 is 0 Å². The van der Waals surface area contributed by atoms with Crippen molar-refractivity contribution in [3.05, 3.63) is 0 Å². The number of nitrogens with zero attached hydrogens (tertiary/aromatic N) is 1. The molecule has 1 atom stereocenters. The molecule has 2 aliphatic heterocycles. The Morgan fingerprint density at radius 1 is 1.44 bits per heavy atom. The fourth-order valence-corrected chi connectivity index (χ4v) is 2.41. The summed E-state index contributed by atoms with van der Waals surface area (Å²) in [4.78, 5) is 14.3. The van der Waals surface area contributed by atoms with Gasteiger partial charge in [0.05, 0.1) is 5.41 Å². The smallest absolute Gasteiger partial charge is 0.231 e. The van der Waals surface area contributed by atoms with Crippen molar-refractivity contribution in [1.82, 2.24) is 10.2 Å². The first kappa shape index (κ1) is 11.9. The molecule has 16 heavy (non-hydrogen) atoms. The summed E-state index contributed by atoms with van der Waals surface area (Å²) in [5.74, 6) is 0.226. The van der Waals surface area contributed by atoms with E-state index in [1.807, 2.05) is 18.7 Å². The molecule has 2 rings (SSSR count). The Morgan fingerprint density at radius 3 is 2.94 bits per heavy atom. The van der Waals surface area contributed by atoms with Crippen LogP contribution in [0.3, 0.4) is 0 Å². The lowest BCUT2D eigenvalue weighted by Gasteiger charge is -2.36. The highest BCUT2D eigenvalue weighted by Crippen LogP contribution is 2.25. The number of rotatable bonds is 1. The van der Waals surface area contributed by atoms with E-state index in [1.165, 1.54) is 6.42 Å². The van der Waals surface area contributed by atoms with Gasteiger partial charge in [-0.25, -0.2) is 0 Å². The van der Waals surface area contributed by atoms with Gasteiger partial charge in [0.2, 0.25) is 5.91 Å². The van der Waals surface area contributed by atoms with Gasteiger partial charge in [0.25, 0.3) is 0 Å². The van der Waals surface area contributed by atoms with E-state index in [-0.39, 0.29) is 17.6 Å². The molecule has 0 bridgehead atoms. The minimum atomic E-state index is -0.308. The number of hydrogen-bond donors (Lipinski definition) is 1. The molecule has 1 N–H and O–H groups in total. The number of amides is 1. The lowest BCUT2D eigenvalue weighted by Crippen LogP contribution is -2.49. The minimum absolute atomic E-state index is 0.0143. The van der Waals surface area contributed by atoms with Gasteiger partial charge in [-0.1, -0.05) is 0 Å². The van der Waals surface area contributed by atoms with E-state index in [2.05, 4.69) is 5.32 Å². The molecule has 0 aromatic carbocycles. The first-order valence-corrected chi connectivity index (χ1v) is 6.25. The normalized spacial score (nSPS) is 31.2. The highest BCUT2D eigenvalue weighted by atomic mass is 16.5. The maximum Gasteiger partial charge on any atom is 0.231 e. The van der Waals surface area contributed by atoms with E-state index in [0.29, 0.717) is 0 Å². The Balaban J connectivity index is 2.08. The maximum absolute atomic E-state index is 12.4. The molecule has 2 saturated heterocycles. The summed E-state index contributed by atoms with van der Waals surface area (Å²) in [6.45, 7) is 7.20. The van der Waals surface area contributed by atoms with Crippen LogP contribution in [0.15, 0.2) is 0 Å². The molecule has 4 nitrogen and oxygen atoms in total. The largest absolute Gasteiger partial charge is 0.358 e. The van der Waals surface area contributed by atoms with E-state index in [0.717, 1.165) is 39.1 Å². The van der Waals surface area contributed by atoms with E-state index in [9.17, 15) is 4.79 Å². The maximum atomic E-state index is 12.4. The lowest BCUT2D eigenvalue weighted by molar-refractivity contribution is -0.157. The third-order valence-electron chi connectivity index (χ3n) is 3.44. The molecule has 0 radical (unpaired) electrons. The van der Waals surface area contributed by atoms with Crippen molar-refractivity contribution in [2.75, 3.05) is 26.2 Å². The first-order valence-electron chi connectivity index (χ1n) is 6.25. The van der Waals surface area contributed by atoms with Crippen LogP contribution in [0.4, 0.5) is 0 Å². The summed E-state index contributed by atoms with van der Waals surface area (Å²) in [5, 5.41) is 3.32. The van der Waals surface area contributed by atoms with Crippen molar-refractivity contribution < 1.29 is 9.53 Å². The monoisotopic (exact) mass is 226 g/mol. The van der Waals surface area contributed by atoms with Gasteiger partial charge >= 0.3 is 0 Å². The standard InChI is InChI=1S/C12H22N2O2/c1-12(2)9-13-6-7-14(11(12)15)10-5-3-4-8-16-10/h10,13H,3-9H2,1-2H3. The number of nitrogens with one attached hydrogen (secondary N) is 1. The molecule has 0 spiro atoms. The molecule has 2 aliphatic rings. The Morgan fingerprint density at radius 2 is 2.25 bits per heavy atom. The van der Waals surface area contributed by atoms with Gasteiger partial charge in [-0.15, -0.1) is 0 Å². The zero-order valence-corrected chi connectivity index (χ0v) is 10.3. The van der Waals surface area contributed by atoms with Crippen LogP contribution in [0.2, 0.25) is 0 Å². The second-order valence-electron chi connectivity index (χ2n) is 5.38. The second-order valence-corrected chi connectivity index (χ2v) is 5.38. The summed E-state index contributed by atoms with van der Waals surface area (Å²) in [6.07, 6.45) is 3.30. The topological polar surface area (TPSA) is 41.6 Å². The van der Waals surface area contributed by atoms with Gasteiger partial charge in [-0.2, -0.15) is 0 Å². The molecule has 1 unspecified atom stereocenters. The van der Waals surface area contributed by atoms with Crippen LogP contribution < -0.4 is 5.32 Å². The fraction of sp³-hybridized carbons (Fsp3) is 0.917. The zero-order valence-electron chi connectivity index (χ0n) is 10.3. The third-order valence-corrected chi connectivity index (χ3v) is 3.44. The predicted molar refractivity (Wildman–Crippen MR) is 62.0 cm³/mol. The van der Waals surface area contributed by atoms with Gasteiger partial charge in [-0.05, 0) is 33.1 Å². The average molecular weight is 226 g/mol. The van der Waals surface area contributed by atoms with E-state index in [1.54, 1.807) is 0 Å². The predicted octanol–water partition coefficient (Wildman–Crippen LogP) is 0.971. The number of carbonyl (C=O) groups is 1. The lowest BCUT2D eigenvalue weighted by atomic mass is 9.91. The summed E-state index contributed by atoms with van der Waals surface area (Å²) < 4.78 is 5.71. The molecule has 0 saturated carbocycles. The molecule has 0 aromatic heterocycles. The first-order chi connectivity index (χ1) is 7.61. The van der Waals surface area contributed by atoms with Gasteiger partial charge in [0.1, 0.15) is 6.23 Å². The van der Waals surface area contributed by atoms with Crippen LogP contribution in [0.1, 0.15) is 33.1 Å². The van der Waals surface area contributed by atoms with Crippen LogP contribution in [-0.2, 0) is 9.53 Å². The Kier molecular flexibility index (Phi) is 3.50. The Bertz CT molecular complexity index is 260. The number of ether oxygens (including phenoxy) is 1. The zero-order chi connectivity index (χ0) is 11.6. The number of carbonyl (C=O) groups excluding carboxylic acids is 1. The Labute approximate surface area is 97.3 Å². The average Bonchev–Trinajstić information content (AvgIpc) is 2.41. The van der Waals surface area contributed by atoms with Crippen molar-refractivity contribution in [3.8, 4) is 0 Å². The second kappa shape index (κ2) is 4.72. The summed E-state index contributed by atoms with van der Waals surface area (Å²) in [6, 6.07) is 0. The van der Waals surface area contributed by atoms with Crippen molar-refractivity contribution in [3.63, 3.8) is 0 Å². The molecule has 0 aliphatic carbocycles. The quantitative estimate of drug-likeness (QED) is 0.724. The molecular formula is C12H22N2O2. The molecular weight excluding hydrogens is 204 g/mol. The van der Waals surface area contributed by atoms with Crippen LogP contribution in [0.25, 0.3) is 0 Å². The SMILES string of the molecule is CC1(C)CNCCN(C2CCCCO2)C1=O. The molecule has 92 valence electrons. The van der Waals surface area contributed by atoms with Crippen molar-refractivity contribution in [2.45, 2.75) is 39.3 Å². The minimum Gasteiger partial charge on any atom is -0.358 e. The third kappa shape index (κ3) is 2.38. The highest BCUT2D eigenvalue weighted by Gasteiger charge is 2.37. The summed E-state index contributed by atoms with van der Waals surface area (Å²) >= 11 is 0. The van der Waals surface area contributed by atoms with Gasteiger partial charge in [0.15, 0.2) is 0 Å². The van der Waals surface area contributed by atoms with Gasteiger partial charge in [0, 0.05) is 26.2 Å².